The van der Waals surface area contributed by atoms with Crippen LogP contribution in [0.15, 0.2) is 30.6 Å². The summed E-state index contributed by atoms with van der Waals surface area (Å²) in [5.41, 5.74) is 7.57. The van der Waals surface area contributed by atoms with E-state index in [9.17, 15) is 0 Å². The van der Waals surface area contributed by atoms with E-state index in [1.807, 2.05) is 28.8 Å². The monoisotopic (exact) mass is 343 g/mol. The third-order valence-electron chi connectivity index (χ3n) is 4.23. The van der Waals surface area contributed by atoms with E-state index < -0.39 is 0 Å². The maximum atomic E-state index is 6.50. The smallest absolute Gasteiger partial charge is 0.151 e. The van der Waals surface area contributed by atoms with Crippen molar-refractivity contribution in [1.82, 2.24) is 25.1 Å². The molecule has 2 aromatic heterocycles. The Balaban J connectivity index is 1.75. The van der Waals surface area contributed by atoms with Gasteiger partial charge in [0, 0.05) is 37.3 Å². The molecular weight excluding hydrogens is 326 g/mol. The average Bonchev–Trinajstić information content (AvgIpc) is 3.10. The standard InChI is InChI=1S/C16H18ClN7/c17-13-8-11-7-12(24-10-20-22-15(24)9-18)1-2-14(11)21-16(13)23-5-3-19-4-6-23/h1-2,7-8,10,19H,3-6,9,18H2. The van der Waals surface area contributed by atoms with E-state index in [0.29, 0.717) is 17.4 Å². The van der Waals surface area contributed by atoms with Gasteiger partial charge in [0.05, 0.1) is 17.1 Å². The molecule has 1 fully saturated rings. The number of nitrogens with one attached hydrogen (secondary N) is 1. The van der Waals surface area contributed by atoms with E-state index in [-0.39, 0.29) is 0 Å². The van der Waals surface area contributed by atoms with Gasteiger partial charge in [-0.2, -0.15) is 0 Å². The zero-order valence-corrected chi connectivity index (χ0v) is 13.9. The van der Waals surface area contributed by atoms with Crippen molar-refractivity contribution in [3.05, 3.63) is 41.4 Å². The van der Waals surface area contributed by atoms with E-state index in [0.717, 1.165) is 48.6 Å². The Bertz CT molecular complexity index is 870. The molecule has 1 aliphatic heterocycles. The Labute approximate surface area is 144 Å². The molecule has 3 N–H and O–H groups in total. The first kappa shape index (κ1) is 15.3. The molecule has 1 aromatic carbocycles. The van der Waals surface area contributed by atoms with E-state index in [1.165, 1.54) is 0 Å². The fraction of sp³-hybridized carbons (Fsp3) is 0.312. The van der Waals surface area contributed by atoms with Gasteiger partial charge in [0.2, 0.25) is 0 Å². The lowest BCUT2D eigenvalue weighted by Gasteiger charge is -2.29. The molecule has 0 atom stereocenters. The lowest BCUT2D eigenvalue weighted by molar-refractivity contribution is 0.585. The van der Waals surface area contributed by atoms with Crippen LogP contribution in [0.4, 0.5) is 5.82 Å². The fourth-order valence-electron chi connectivity index (χ4n) is 2.99. The molecule has 8 heteroatoms. The van der Waals surface area contributed by atoms with Crippen molar-refractivity contribution in [3.63, 3.8) is 0 Å². The Hall–Kier alpha value is -2.22. The third kappa shape index (κ3) is 2.71. The summed E-state index contributed by atoms with van der Waals surface area (Å²) in [7, 11) is 0. The topological polar surface area (TPSA) is 84.9 Å². The van der Waals surface area contributed by atoms with Gasteiger partial charge in [0.1, 0.15) is 12.1 Å². The first-order valence-corrected chi connectivity index (χ1v) is 8.29. The molecule has 24 heavy (non-hydrogen) atoms. The van der Waals surface area contributed by atoms with Crippen LogP contribution in [0.3, 0.4) is 0 Å². The second-order valence-electron chi connectivity index (χ2n) is 5.73. The summed E-state index contributed by atoms with van der Waals surface area (Å²) in [4.78, 5) is 6.99. The zero-order chi connectivity index (χ0) is 16.5. The van der Waals surface area contributed by atoms with Crippen LogP contribution in [0.1, 0.15) is 5.82 Å². The molecule has 1 aliphatic rings. The Morgan fingerprint density at radius 1 is 1.21 bits per heavy atom. The highest BCUT2D eigenvalue weighted by atomic mass is 35.5. The molecule has 0 radical (unpaired) electrons. The van der Waals surface area contributed by atoms with Crippen molar-refractivity contribution in [1.29, 1.82) is 0 Å². The molecule has 3 heterocycles. The molecule has 4 rings (SSSR count). The number of pyridine rings is 1. The van der Waals surface area contributed by atoms with Gasteiger partial charge in [0.25, 0.3) is 0 Å². The summed E-state index contributed by atoms with van der Waals surface area (Å²) in [5.74, 6) is 1.57. The highest BCUT2D eigenvalue weighted by Gasteiger charge is 2.16. The van der Waals surface area contributed by atoms with Crippen LogP contribution in [0.2, 0.25) is 5.02 Å². The van der Waals surface area contributed by atoms with Crippen LogP contribution in [0.5, 0.6) is 0 Å². The lowest BCUT2D eigenvalue weighted by atomic mass is 10.2. The van der Waals surface area contributed by atoms with E-state index >= 15 is 0 Å². The highest BCUT2D eigenvalue weighted by Crippen LogP contribution is 2.29. The molecule has 0 bridgehead atoms. The normalized spacial score (nSPS) is 15.2. The number of rotatable bonds is 3. The molecule has 1 saturated heterocycles. The van der Waals surface area contributed by atoms with Crippen LogP contribution in [-0.4, -0.2) is 45.9 Å². The maximum Gasteiger partial charge on any atom is 0.151 e. The summed E-state index contributed by atoms with van der Waals surface area (Å²) in [6.07, 6.45) is 1.66. The molecule has 0 amide bonds. The van der Waals surface area contributed by atoms with Crippen molar-refractivity contribution in [2.75, 3.05) is 31.1 Å². The first-order valence-electron chi connectivity index (χ1n) is 7.91. The van der Waals surface area contributed by atoms with Crippen molar-refractivity contribution in [3.8, 4) is 5.69 Å². The summed E-state index contributed by atoms with van der Waals surface area (Å²) in [6, 6.07) is 7.98. The second-order valence-corrected chi connectivity index (χ2v) is 6.14. The van der Waals surface area contributed by atoms with E-state index in [4.69, 9.17) is 22.3 Å². The van der Waals surface area contributed by atoms with Gasteiger partial charge in [-0.05, 0) is 24.3 Å². The maximum absolute atomic E-state index is 6.50. The van der Waals surface area contributed by atoms with Gasteiger partial charge >= 0.3 is 0 Å². The molecular formula is C16H18ClN7. The number of halogens is 1. The molecule has 0 saturated carbocycles. The van der Waals surface area contributed by atoms with E-state index in [1.54, 1.807) is 6.33 Å². The summed E-state index contributed by atoms with van der Waals surface area (Å²) in [6.45, 7) is 4.06. The summed E-state index contributed by atoms with van der Waals surface area (Å²) in [5, 5.41) is 12.9. The molecule has 7 nitrogen and oxygen atoms in total. The number of hydrogen-bond acceptors (Lipinski definition) is 6. The van der Waals surface area contributed by atoms with Crippen LogP contribution >= 0.6 is 11.6 Å². The number of nitrogens with zero attached hydrogens (tertiary/aromatic N) is 5. The number of fused-ring (bicyclic) bond motifs is 1. The lowest BCUT2D eigenvalue weighted by Crippen LogP contribution is -2.44. The SMILES string of the molecule is NCc1nncn1-c1ccc2nc(N3CCNCC3)c(Cl)cc2c1. The van der Waals surface area contributed by atoms with Gasteiger partial charge < -0.3 is 16.0 Å². The molecule has 0 aliphatic carbocycles. The Morgan fingerprint density at radius 3 is 2.83 bits per heavy atom. The second kappa shape index (κ2) is 6.35. The number of anilines is 1. The minimum absolute atomic E-state index is 0.332. The number of nitrogens with two attached hydrogens (primary N) is 1. The van der Waals surface area contributed by atoms with Crippen molar-refractivity contribution < 1.29 is 0 Å². The predicted octanol–water partition coefficient (Wildman–Crippen LogP) is 1.34. The van der Waals surface area contributed by atoms with Crippen LogP contribution < -0.4 is 16.0 Å². The molecule has 124 valence electrons. The minimum atomic E-state index is 0.332. The number of benzene rings is 1. The van der Waals surface area contributed by atoms with E-state index in [2.05, 4.69) is 20.4 Å². The number of aromatic nitrogens is 4. The zero-order valence-electron chi connectivity index (χ0n) is 13.1. The van der Waals surface area contributed by atoms with Crippen LogP contribution in [0.25, 0.3) is 16.6 Å². The average molecular weight is 344 g/mol. The highest BCUT2D eigenvalue weighted by molar-refractivity contribution is 6.33. The van der Waals surface area contributed by atoms with Gasteiger partial charge in [-0.15, -0.1) is 10.2 Å². The summed E-state index contributed by atoms with van der Waals surface area (Å²) < 4.78 is 1.87. The predicted molar refractivity (Wildman–Crippen MR) is 94.6 cm³/mol. The van der Waals surface area contributed by atoms with Crippen LogP contribution in [0, 0.1) is 0 Å². The Kier molecular flexibility index (Phi) is 4.05. The first-order chi connectivity index (χ1) is 11.8. The molecule has 0 spiro atoms. The van der Waals surface area contributed by atoms with Crippen molar-refractivity contribution in [2.24, 2.45) is 5.73 Å². The van der Waals surface area contributed by atoms with Gasteiger partial charge in [-0.3, -0.25) is 4.57 Å². The molecule has 3 aromatic rings. The van der Waals surface area contributed by atoms with Gasteiger partial charge in [0.15, 0.2) is 5.82 Å². The minimum Gasteiger partial charge on any atom is -0.353 e. The van der Waals surface area contributed by atoms with Crippen molar-refractivity contribution >= 4 is 28.3 Å². The molecule has 0 unspecified atom stereocenters. The van der Waals surface area contributed by atoms with Crippen molar-refractivity contribution in [2.45, 2.75) is 6.54 Å². The third-order valence-corrected chi connectivity index (χ3v) is 4.51. The largest absolute Gasteiger partial charge is 0.353 e. The Morgan fingerprint density at radius 2 is 2.04 bits per heavy atom. The number of hydrogen-bond donors (Lipinski definition) is 2. The van der Waals surface area contributed by atoms with Gasteiger partial charge in [-0.1, -0.05) is 11.6 Å². The van der Waals surface area contributed by atoms with Crippen LogP contribution in [-0.2, 0) is 6.54 Å². The van der Waals surface area contributed by atoms with Gasteiger partial charge in [-0.25, -0.2) is 4.98 Å². The summed E-state index contributed by atoms with van der Waals surface area (Å²) >= 11 is 6.50. The fourth-order valence-corrected chi connectivity index (χ4v) is 3.27. The number of piperazine rings is 1. The quantitative estimate of drug-likeness (QED) is 0.746.